The highest BCUT2D eigenvalue weighted by molar-refractivity contribution is 9.10. The Kier molecular flexibility index (Phi) is 2.95. The molecule has 5 heteroatoms. The number of aromatic nitrogens is 1. The van der Waals surface area contributed by atoms with Crippen molar-refractivity contribution in [2.24, 2.45) is 0 Å². The van der Waals surface area contributed by atoms with Gasteiger partial charge in [-0.1, -0.05) is 11.6 Å². The number of aliphatic hydroxyl groups excluding tert-OH is 1. The first kappa shape index (κ1) is 10.2. The molecule has 0 bridgehead atoms. The van der Waals surface area contributed by atoms with E-state index < -0.39 is 0 Å². The highest BCUT2D eigenvalue weighted by atomic mass is 79.9. The smallest absolute Gasteiger partial charge is 0.143 e. The predicted molar refractivity (Wildman–Crippen MR) is 59.8 cm³/mol. The van der Waals surface area contributed by atoms with Gasteiger partial charge in [-0.2, -0.15) is 0 Å². The van der Waals surface area contributed by atoms with Crippen LogP contribution in [0.2, 0.25) is 5.02 Å². The van der Waals surface area contributed by atoms with Crippen LogP contribution in [0.25, 0.3) is 0 Å². The van der Waals surface area contributed by atoms with Crippen molar-refractivity contribution in [2.45, 2.75) is 12.5 Å². The minimum Gasteiger partial charge on any atom is -0.391 e. The average Bonchev–Trinajstić information content (AvgIpc) is 2.51. The lowest BCUT2D eigenvalue weighted by Gasteiger charge is -2.17. The number of hydrogen-bond donors (Lipinski definition) is 1. The zero-order valence-corrected chi connectivity index (χ0v) is 9.79. The fraction of sp³-hybridized carbons (Fsp3) is 0.444. The summed E-state index contributed by atoms with van der Waals surface area (Å²) in [5.74, 6) is 0.853. The summed E-state index contributed by atoms with van der Waals surface area (Å²) in [6, 6.07) is 1.81. The van der Waals surface area contributed by atoms with Crippen molar-refractivity contribution in [3.8, 4) is 0 Å². The Morgan fingerprint density at radius 3 is 3.00 bits per heavy atom. The highest BCUT2D eigenvalue weighted by Gasteiger charge is 2.22. The third-order valence-corrected chi connectivity index (χ3v) is 3.04. The van der Waals surface area contributed by atoms with E-state index in [-0.39, 0.29) is 6.10 Å². The number of halogens is 2. The normalized spacial score (nSPS) is 21.6. The van der Waals surface area contributed by atoms with Gasteiger partial charge < -0.3 is 10.0 Å². The predicted octanol–water partition coefficient (Wildman–Crippen LogP) is 2.07. The second-order valence-corrected chi connectivity index (χ2v) is 4.64. The molecular formula is C9H10BrClN2O. The molecule has 76 valence electrons. The monoisotopic (exact) mass is 276 g/mol. The first-order chi connectivity index (χ1) is 6.66. The fourth-order valence-electron chi connectivity index (χ4n) is 1.57. The van der Waals surface area contributed by atoms with E-state index in [1.54, 1.807) is 6.20 Å². The molecule has 1 aromatic heterocycles. The first-order valence-electron chi connectivity index (χ1n) is 4.41. The van der Waals surface area contributed by atoms with Crippen molar-refractivity contribution in [3.05, 3.63) is 21.8 Å². The zero-order chi connectivity index (χ0) is 10.1. The molecule has 0 radical (unpaired) electrons. The number of anilines is 1. The third kappa shape index (κ3) is 2.02. The molecule has 0 amide bonds. The topological polar surface area (TPSA) is 36.4 Å². The summed E-state index contributed by atoms with van der Waals surface area (Å²) in [5, 5.41) is 10.0. The minimum atomic E-state index is -0.237. The molecule has 1 aromatic rings. The number of β-amino-alcohol motifs (C(OH)–C–C–N with tert-alkyl or cyclic N) is 1. The lowest BCUT2D eigenvalue weighted by atomic mass is 10.3. The van der Waals surface area contributed by atoms with Crippen molar-refractivity contribution in [1.29, 1.82) is 0 Å². The Morgan fingerprint density at radius 1 is 1.64 bits per heavy atom. The van der Waals surface area contributed by atoms with Gasteiger partial charge in [0.25, 0.3) is 0 Å². The molecule has 2 rings (SSSR count). The summed E-state index contributed by atoms with van der Waals surface area (Å²) in [7, 11) is 0. The lowest BCUT2D eigenvalue weighted by molar-refractivity contribution is 0.198. The van der Waals surface area contributed by atoms with Gasteiger partial charge in [0.2, 0.25) is 0 Å². The molecule has 0 unspecified atom stereocenters. The first-order valence-corrected chi connectivity index (χ1v) is 5.58. The van der Waals surface area contributed by atoms with E-state index >= 15 is 0 Å². The molecule has 1 N–H and O–H groups in total. The van der Waals surface area contributed by atoms with Gasteiger partial charge in [0, 0.05) is 19.3 Å². The molecule has 3 nitrogen and oxygen atoms in total. The molecular weight excluding hydrogens is 267 g/mol. The van der Waals surface area contributed by atoms with Gasteiger partial charge in [-0.25, -0.2) is 4.98 Å². The Bertz CT molecular complexity index is 348. The van der Waals surface area contributed by atoms with Gasteiger partial charge in [-0.15, -0.1) is 0 Å². The van der Waals surface area contributed by atoms with E-state index in [4.69, 9.17) is 11.6 Å². The molecule has 1 fully saturated rings. The molecule has 0 aromatic carbocycles. The molecule has 14 heavy (non-hydrogen) atoms. The maximum Gasteiger partial charge on any atom is 0.143 e. The van der Waals surface area contributed by atoms with E-state index in [0.717, 1.165) is 23.3 Å². The van der Waals surface area contributed by atoms with Crippen LogP contribution in [0.4, 0.5) is 5.82 Å². The molecule has 0 saturated carbocycles. The van der Waals surface area contributed by atoms with Crippen LogP contribution in [0.5, 0.6) is 0 Å². The summed E-state index contributed by atoms with van der Waals surface area (Å²) in [5.41, 5.74) is 0. The van der Waals surface area contributed by atoms with Crippen LogP contribution >= 0.6 is 27.5 Å². The number of nitrogens with zero attached hydrogens (tertiary/aromatic N) is 2. The summed E-state index contributed by atoms with van der Waals surface area (Å²) >= 11 is 9.20. The third-order valence-electron chi connectivity index (χ3n) is 2.25. The van der Waals surface area contributed by atoms with Crippen molar-refractivity contribution in [1.82, 2.24) is 4.98 Å². The summed E-state index contributed by atoms with van der Waals surface area (Å²) in [6.07, 6.45) is 2.18. The summed E-state index contributed by atoms with van der Waals surface area (Å²) in [6.45, 7) is 1.49. The Morgan fingerprint density at radius 2 is 2.43 bits per heavy atom. The van der Waals surface area contributed by atoms with E-state index in [0.29, 0.717) is 11.6 Å². The summed E-state index contributed by atoms with van der Waals surface area (Å²) in [4.78, 5) is 6.28. The standard InChI is InChI=1S/C9H10BrClN2O/c10-8-3-6(11)4-12-9(8)13-2-1-7(14)5-13/h3-4,7,14H,1-2,5H2/t7-/m0/s1. The number of aliphatic hydroxyl groups is 1. The minimum absolute atomic E-state index is 0.237. The molecule has 1 aliphatic rings. The van der Waals surface area contributed by atoms with Crippen LogP contribution in [0, 0.1) is 0 Å². The van der Waals surface area contributed by atoms with Crippen molar-refractivity contribution in [3.63, 3.8) is 0 Å². The molecule has 0 spiro atoms. The number of rotatable bonds is 1. The van der Waals surface area contributed by atoms with Crippen LogP contribution in [-0.4, -0.2) is 29.3 Å². The Labute approximate surface area is 95.8 Å². The SMILES string of the molecule is O[C@H]1CCN(c2ncc(Cl)cc2Br)C1. The lowest BCUT2D eigenvalue weighted by Crippen LogP contribution is -2.22. The Hall–Kier alpha value is -0.320. The van der Waals surface area contributed by atoms with Crippen molar-refractivity contribution >= 4 is 33.3 Å². The van der Waals surface area contributed by atoms with E-state index in [9.17, 15) is 5.11 Å². The van der Waals surface area contributed by atoms with Gasteiger partial charge in [-0.05, 0) is 28.4 Å². The van der Waals surface area contributed by atoms with E-state index in [1.807, 2.05) is 11.0 Å². The number of hydrogen-bond acceptors (Lipinski definition) is 3. The second-order valence-electron chi connectivity index (χ2n) is 3.35. The molecule has 2 heterocycles. The average molecular weight is 278 g/mol. The van der Waals surface area contributed by atoms with Crippen LogP contribution in [0.1, 0.15) is 6.42 Å². The number of pyridine rings is 1. The fourth-order valence-corrected chi connectivity index (χ4v) is 2.46. The van der Waals surface area contributed by atoms with Crippen molar-refractivity contribution in [2.75, 3.05) is 18.0 Å². The van der Waals surface area contributed by atoms with Gasteiger partial charge in [0.05, 0.1) is 15.6 Å². The largest absolute Gasteiger partial charge is 0.391 e. The van der Waals surface area contributed by atoms with Gasteiger partial charge in [-0.3, -0.25) is 0 Å². The molecule has 1 saturated heterocycles. The van der Waals surface area contributed by atoms with Gasteiger partial charge in [0.1, 0.15) is 5.82 Å². The quantitative estimate of drug-likeness (QED) is 0.854. The van der Waals surface area contributed by atoms with E-state index in [1.165, 1.54) is 0 Å². The zero-order valence-electron chi connectivity index (χ0n) is 7.45. The molecule has 1 atom stereocenters. The highest BCUT2D eigenvalue weighted by Crippen LogP contribution is 2.28. The second kappa shape index (κ2) is 4.04. The summed E-state index contributed by atoms with van der Waals surface area (Å²) < 4.78 is 0.874. The Balaban J connectivity index is 2.24. The van der Waals surface area contributed by atoms with Crippen LogP contribution in [-0.2, 0) is 0 Å². The van der Waals surface area contributed by atoms with Gasteiger partial charge >= 0.3 is 0 Å². The van der Waals surface area contributed by atoms with E-state index in [2.05, 4.69) is 20.9 Å². The van der Waals surface area contributed by atoms with Crippen LogP contribution in [0.3, 0.4) is 0 Å². The van der Waals surface area contributed by atoms with Crippen LogP contribution in [0.15, 0.2) is 16.7 Å². The van der Waals surface area contributed by atoms with Gasteiger partial charge in [0.15, 0.2) is 0 Å². The maximum absolute atomic E-state index is 9.40. The maximum atomic E-state index is 9.40. The molecule has 1 aliphatic heterocycles. The van der Waals surface area contributed by atoms with Crippen LogP contribution < -0.4 is 4.90 Å². The van der Waals surface area contributed by atoms with Crippen molar-refractivity contribution < 1.29 is 5.11 Å². The molecule has 0 aliphatic carbocycles.